The van der Waals surface area contributed by atoms with Crippen LogP contribution < -0.4 is 23.7 Å². The van der Waals surface area contributed by atoms with Gasteiger partial charge in [0.2, 0.25) is 6.79 Å². The summed E-state index contributed by atoms with van der Waals surface area (Å²) in [6, 6.07) is 7.49. The largest absolute Gasteiger partial charge is 0.489 e. The first-order valence-electron chi connectivity index (χ1n) is 8.98. The first-order valence-corrected chi connectivity index (χ1v) is 8.98. The molecule has 2 aromatic rings. The molecular formula is C21H18O6. The van der Waals surface area contributed by atoms with E-state index < -0.39 is 11.7 Å². The molecule has 6 rings (SSSR count). The lowest BCUT2D eigenvalue weighted by atomic mass is 9.84. The minimum atomic E-state index is -1.27. The second-order valence-electron chi connectivity index (χ2n) is 7.57. The standard InChI is InChI=1S/C21H18O6/c1-10(2)14-4-11-3-12-16(6-15(11)26-14)23-8-21(22)13-5-18-19(25-9-24-18)7-17(13)27-20(12)21/h3,5-7,14,20,22H,1,4,8-9H2,2H3/t14-,20+,21-/m0/s1. The van der Waals surface area contributed by atoms with E-state index in [0.29, 0.717) is 28.6 Å². The highest BCUT2D eigenvalue weighted by molar-refractivity contribution is 5.60. The molecule has 0 radical (unpaired) electrons. The number of fused-ring (bicyclic) bond motifs is 7. The summed E-state index contributed by atoms with van der Waals surface area (Å²) >= 11 is 0. The molecule has 0 fully saturated rings. The Balaban J connectivity index is 1.44. The van der Waals surface area contributed by atoms with Gasteiger partial charge in [-0.3, -0.25) is 0 Å². The van der Waals surface area contributed by atoms with Crippen LogP contribution in [0.5, 0.6) is 28.7 Å². The summed E-state index contributed by atoms with van der Waals surface area (Å²) in [6.45, 7) is 6.23. The molecular weight excluding hydrogens is 348 g/mol. The van der Waals surface area contributed by atoms with E-state index in [1.54, 1.807) is 12.1 Å². The van der Waals surface area contributed by atoms with Gasteiger partial charge in [-0.05, 0) is 30.2 Å². The minimum absolute atomic E-state index is 0.0262. The third-order valence-corrected chi connectivity index (χ3v) is 5.77. The quantitative estimate of drug-likeness (QED) is 0.783. The van der Waals surface area contributed by atoms with E-state index in [2.05, 4.69) is 6.58 Å². The molecule has 6 nitrogen and oxygen atoms in total. The summed E-state index contributed by atoms with van der Waals surface area (Å²) in [5.74, 6) is 3.33. The van der Waals surface area contributed by atoms with Crippen LogP contribution in [-0.4, -0.2) is 24.6 Å². The molecule has 0 amide bonds. The Bertz CT molecular complexity index is 1010. The fourth-order valence-corrected chi connectivity index (χ4v) is 4.28. The van der Waals surface area contributed by atoms with E-state index in [-0.39, 0.29) is 19.5 Å². The molecule has 0 bridgehead atoms. The molecule has 6 heteroatoms. The van der Waals surface area contributed by atoms with Gasteiger partial charge in [-0.15, -0.1) is 0 Å². The SMILES string of the molecule is C=C(C)[C@@H]1Cc2cc3c(cc2O1)OC[C@]1(O)c2cc4c(cc2O[C@H]31)OCO4. The fraction of sp³-hybridized carbons (Fsp3) is 0.333. The highest BCUT2D eigenvalue weighted by atomic mass is 16.7. The third-order valence-electron chi connectivity index (χ3n) is 5.77. The fourth-order valence-electron chi connectivity index (χ4n) is 4.28. The van der Waals surface area contributed by atoms with Gasteiger partial charge < -0.3 is 28.8 Å². The van der Waals surface area contributed by atoms with Gasteiger partial charge >= 0.3 is 0 Å². The van der Waals surface area contributed by atoms with Crippen molar-refractivity contribution in [3.63, 3.8) is 0 Å². The van der Waals surface area contributed by atoms with Gasteiger partial charge in [0.25, 0.3) is 0 Å². The maximum Gasteiger partial charge on any atom is 0.231 e. The molecule has 4 aliphatic rings. The van der Waals surface area contributed by atoms with Crippen LogP contribution in [0.4, 0.5) is 0 Å². The molecule has 2 aromatic carbocycles. The molecule has 4 heterocycles. The van der Waals surface area contributed by atoms with Crippen LogP contribution in [-0.2, 0) is 12.0 Å². The summed E-state index contributed by atoms with van der Waals surface area (Å²) in [5, 5.41) is 11.4. The molecule has 0 aliphatic carbocycles. The molecule has 0 spiro atoms. The average molecular weight is 366 g/mol. The van der Waals surface area contributed by atoms with Crippen molar-refractivity contribution in [2.75, 3.05) is 13.4 Å². The van der Waals surface area contributed by atoms with E-state index in [1.807, 2.05) is 19.1 Å². The van der Waals surface area contributed by atoms with E-state index in [9.17, 15) is 5.11 Å². The van der Waals surface area contributed by atoms with Gasteiger partial charge in [-0.2, -0.15) is 0 Å². The lowest BCUT2D eigenvalue weighted by molar-refractivity contribution is -0.0865. The van der Waals surface area contributed by atoms with Crippen molar-refractivity contribution >= 4 is 0 Å². The first-order chi connectivity index (χ1) is 13.0. The molecule has 138 valence electrons. The molecule has 0 saturated heterocycles. The molecule has 0 unspecified atom stereocenters. The zero-order valence-corrected chi connectivity index (χ0v) is 14.8. The van der Waals surface area contributed by atoms with Crippen LogP contribution in [0.25, 0.3) is 0 Å². The summed E-state index contributed by atoms with van der Waals surface area (Å²) in [7, 11) is 0. The van der Waals surface area contributed by atoms with Crippen molar-refractivity contribution in [1.82, 2.24) is 0 Å². The monoisotopic (exact) mass is 366 g/mol. The zero-order valence-electron chi connectivity index (χ0n) is 14.8. The Labute approximate surface area is 155 Å². The topological polar surface area (TPSA) is 66.4 Å². The van der Waals surface area contributed by atoms with Gasteiger partial charge in [0.1, 0.15) is 30.0 Å². The smallest absolute Gasteiger partial charge is 0.231 e. The van der Waals surface area contributed by atoms with Crippen LogP contribution in [0, 0.1) is 0 Å². The van der Waals surface area contributed by atoms with Crippen molar-refractivity contribution in [3.8, 4) is 28.7 Å². The minimum Gasteiger partial charge on any atom is -0.489 e. The Hall–Kier alpha value is -2.86. The molecule has 27 heavy (non-hydrogen) atoms. The molecule has 4 aliphatic heterocycles. The summed E-state index contributed by atoms with van der Waals surface area (Å²) in [4.78, 5) is 0. The second kappa shape index (κ2) is 4.89. The van der Waals surface area contributed by atoms with Crippen LogP contribution in [0.3, 0.4) is 0 Å². The number of benzene rings is 2. The highest BCUT2D eigenvalue weighted by Gasteiger charge is 2.54. The molecule has 1 N–H and O–H groups in total. The number of aliphatic hydroxyl groups is 1. The molecule has 0 saturated carbocycles. The average Bonchev–Trinajstić information content (AvgIpc) is 3.33. The lowest BCUT2D eigenvalue weighted by Gasteiger charge is -2.35. The Kier molecular flexibility index (Phi) is 2.76. The van der Waals surface area contributed by atoms with Gasteiger partial charge in [0.15, 0.2) is 23.2 Å². The number of hydrogen-bond acceptors (Lipinski definition) is 6. The summed E-state index contributed by atoms with van der Waals surface area (Å²) < 4.78 is 29.0. The summed E-state index contributed by atoms with van der Waals surface area (Å²) in [5.41, 5.74) is 2.28. The van der Waals surface area contributed by atoms with Gasteiger partial charge in [-0.1, -0.05) is 6.58 Å². The molecule has 0 aromatic heterocycles. The maximum atomic E-state index is 11.4. The van der Waals surface area contributed by atoms with E-state index in [0.717, 1.165) is 28.9 Å². The van der Waals surface area contributed by atoms with Crippen LogP contribution >= 0.6 is 0 Å². The van der Waals surface area contributed by atoms with Crippen molar-refractivity contribution < 1.29 is 28.8 Å². The predicted molar refractivity (Wildman–Crippen MR) is 94.7 cm³/mol. The van der Waals surface area contributed by atoms with Gasteiger partial charge in [-0.25, -0.2) is 0 Å². The maximum absolute atomic E-state index is 11.4. The second-order valence-corrected chi connectivity index (χ2v) is 7.57. The van der Waals surface area contributed by atoms with Gasteiger partial charge in [0.05, 0.1) is 0 Å². The first kappa shape index (κ1) is 15.2. The van der Waals surface area contributed by atoms with Crippen molar-refractivity contribution in [2.24, 2.45) is 0 Å². The highest BCUT2D eigenvalue weighted by Crippen LogP contribution is 2.57. The van der Waals surface area contributed by atoms with Crippen molar-refractivity contribution in [3.05, 3.63) is 53.1 Å². The van der Waals surface area contributed by atoms with Crippen LogP contribution in [0.15, 0.2) is 36.4 Å². The Morgan fingerprint density at radius 2 is 1.78 bits per heavy atom. The Morgan fingerprint density at radius 1 is 1.00 bits per heavy atom. The van der Waals surface area contributed by atoms with Crippen LogP contribution in [0.2, 0.25) is 0 Å². The molecule has 3 atom stereocenters. The number of hydrogen-bond donors (Lipinski definition) is 1. The lowest BCUT2D eigenvalue weighted by Crippen LogP contribution is -2.41. The zero-order chi connectivity index (χ0) is 18.3. The predicted octanol–water partition coefficient (Wildman–Crippen LogP) is 3.01. The Morgan fingerprint density at radius 3 is 2.59 bits per heavy atom. The van der Waals surface area contributed by atoms with Crippen LogP contribution in [0.1, 0.15) is 29.7 Å². The third kappa shape index (κ3) is 1.93. The number of ether oxygens (including phenoxy) is 5. The number of rotatable bonds is 1. The van der Waals surface area contributed by atoms with Gasteiger partial charge in [0, 0.05) is 29.7 Å². The summed E-state index contributed by atoms with van der Waals surface area (Å²) in [6.07, 6.45) is 0.182. The normalized spacial score (nSPS) is 28.2. The van der Waals surface area contributed by atoms with E-state index >= 15 is 0 Å². The van der Waals surface area contributed by atoms with E-state index in [1.165, 1.54) is 0 Å². The van der Waals surface area contributed by atoms with E-state index in [4.69, 9.17) is 23.7 Å². The van der Waals surface area contributed by atoms with Crippen molar-refractivity contribution in [2.45, 2.75) is 31.2 Å². The van der Waals surface area contributed by atoms with Crippen molar-refractivity contribution in [1.29, 1.82) is 0 Å².